The molecule has 14 heteroatoms. The molecule has 0 unspecified atom stereocenters. The van der Waals surface area contributed by atoms with Gasteiger partial charge in [0.1, 0.15) is 5.54 Å². The van der Waals surface area contributed by atoms with E-state index >= 15 is 0 Å². The Morgan fingerprint density at radius 1 is 1.14 bits per heavy atom. The molecule has 1 aliphatic rings. The summed E-state index contributed by atoms with van der Waals surface area (Å²) in [5.41, 5.74) is -0.734. The number of carboxylic acid groups (broad SMARTS) is 1. The molecule has 1 fully saturated rings. The average Bonchev–Trinajstić information content (AvgIpc) is 2.75. The van der Waals surface area contributed by atoms with Gasteiger partial charge in [-0.05, 0) is 51.8 Å². The number of nitrogens with zero attached hydrogens (tertiary/aromatic N) is 1. The molecule has 9 nitrogen and oxygen atoms in total. The first-order chi connectivity index (χ1) is 16.1. The Morgan fingerprint density at radius 3 is 2.14 bits per heavy atom. The fourth-order valence-corrected chi connectivity index (χ4v) is 3.51. The molecule has 1 aromatic rings. The van der Waals surface area contributed by atoms with E-state index in [2.05, 4.69) is 10.6 Å². The van der Waals surface area contributed by atoms with Crippen molar-refractivity contribution < 1.29 is 42.2 Å². The van der Waals surface area contributed by atoms with E-state index in [-0.39, 0.29) is 17.8 Å². The molecule has 2 rings (SSSR count). The number of rotatable bonds is 5. The summed E-state index contributed by atoms with van der Waals surface area (Å²) in [4.78, 5) is 47.5. The molecule has 1 aliphatic heterocycles. The molecule has 1 heterocycles. The number of carbonyl (C=O) groups is 4. The second-order valence-electron chi connectivity index (χ2n) is 7.95. The van der Waals surface area contributed by atoms with Crippen molar-refractivity contribution in [1.82, 2.24) is 10.2 Å². The van der Waals surface area contributed by atoms with Crippen LogP contribution >= 0.6 is 23.2 Å². The summed E-state index contributed by atoms with van der Waals surface area (Å²) in [6.45, 7) is 6.27. The normalized spacial score (nSPS) is 14.3. The molecule has 1 aromatic carbocycles. The SMILES string of the molecule is CCOC(=O)C1CCN(C(=O)C(C)(C)NC(=O)Nc2ccc(Cl)cc2Cl)CC1.O=C(O)C(F)(F)F. The molecule has 0 radical (unpaired) electrons. The summed E-state index contributed by atoms with van der Waals surface area (Å²) in [5, 5.41) is 13.2. The van der Waals surface area contributed by atoms with Gasteiger partial charge in [0.2, 0.25) is 5.91 Å². The van der Waals surface area contributed by atoms with Gasteiger partial charge in [0.05, 0.1) is 23.2 Å². The molecule has 0 aromatic heterocycles. The van der Waals surface area contributed by atoms with Crippen molar-refractivity contribution in [3.8, 4) is 0 Å². The highest BCUT2D eigenvalue weighted by molar-refractivity contribution is 6.36. The predicted molar refractivity (Wildman–Crippen MR) is 122 cm³/mol. The average molecular weight is 544 g/mol. The number of hydrogen-bond donors (Lipinski definition) is 3. The van der Waals surface area contributed by atoms with Gasteiger partial charge in [0.25, 0.3) is 0 Å². The van der Waals surface area contributed by atoms with Gasteiger partial charge < -0.3 is 25.4 Å². The zero-order valence-corrected chi connectivity index (χ0v) is 20.7. The summed E-state index contributed by atoms with van der Waals surface area (Å²) in [6.07, 6.45) is -3.99. The maximum atomic E-state index is 12.8. The molecular formula is C21H26Cl2F3N3O6. The zero-order valence-electron chi connectivity index (χ0n) is 19.2. The third-order valence-electron chi connectivity index (χ3n) is 4.78. The van der Waals surface area contributed by atoms with Gasteiger partial charge in [-0.3, -0.25) is 9.59 Å². The van der Waals surface area contributed by atoms with E-state index in [0.29, 0.717) is 48.3 Å². The van der Waals surface area contributed by atoms with E-state index in [0.717, 1.165) is 0 Å². The number of aliphatic carboxylic acids is 1. The number of carbonyl (C=O) groups excluding carboxylic acids is 3. The number of hydrogen-bond acceptors (Lipinski definition) is 5. The standard InChI is InChI=1S/C19H25Cl2N3O4.C2HF3O2/c1-4-28-16(25)12-7-9-24(10-8-12)17(26)19(2,3)23-18(27)22-15-6-5-13(20)11-14(15)21;3-2(4,5)1(6)7/h5-6,11-12H,4,7-10H2,1-3H3,(H2,22,23,27);(H,6,7). The Hall–Kier alpha value is -2.73. The van der Waals surface area contributed by atoms with E-state index in [1.165, 1.54) is 6.07 Å². The predicted octanol–water partition coefficient (Wildman–Crippen LogP) is 4.33. The molecule has 35 heavy (non-hydrogen) atoms. The van der Waals surface area contributed by atoms with Crippen molar-refractivity contribution in [2.24, 2.45) is 5.92 Å². The molecule has 1 saturated heterocycles. The molecule has 0 atom stereocenters. The van der Waals surface area contributed by atoms with Gasteiger partial charge in [0.15, 0.2) is 0 Å². The highest BCUT2D eigenvalue weighted by atomic mass is 35.5. The third-order valence-corrected chi connectivity index (χ3v) is 5.33. The fourth-order valence-electron chi connectivity index (χ4n) is 3.06. The molecule has 196 valence electrons. The summed E-state index contributed by atoms with van der Waals surface area (Å²) in [7, 11) is 0. The Bertz CT molecular complexity index is 935. The quantitative estimate of drug-likeness (QED) is 0.474. The van der Waals surface area contributed by atoms with Crippen LogP contribution in [0.2, 0.25) is 10.0 Å². The number of ether oxygens (including phenoxy) is 1. The number of esters is 1. The number of piperidine rings is 1. The van der Waals surface area contributed by atoms with E-state index in [1.54, 1.807) is 37.8 Å². The van der Waals surface area contributed by atoms with Gasteiger partial charge in [-0.15, -0.1) is 0 Å². The largest absolute Gasteiger partial charge is 0.490 e. The number of amides is 3. The highest BCUT2D eigenvalue weighted by Gasteiger charge is 2.38. The van der Waals surface area contributed by atoms with Crippen LogP contribution in [0.1, 0.15) is 33.6 Å². The van der Waals surface area contributed by atoms with Crippen molar-refractivity contribution in [2.45, 2.75) is 45.3 Å². The number of halogens is 5. The van der Waals surface area contributed by atoms with Crippen LogP contribution in [-0.2, 0) is 19.1 Å². The van der Waals surface area contributed by atoms with Crippen LogP contribution in [0.4, 0.5) is 23.7 Å². The number of nitrogens with one attached hydrogen (secondary N) is 2. The Kier molecular flexibility index (Phi) is 11.1. The van der Waals surface area contributed by atoms with Gasteiger partial charge in [-0.1, -0.05) is 23.2 Å². The number of alkyl halides is 3. The van der Waals surface area contributed by atoms with Crippen molar-refractivity contribution in [3.05, 3.63) is 28.2 Å². The first kappa shape index (κ1) is 30.3. The van der Waals surface area contributed by atoms with Crippen molar-refractivity contribution in [1.29, 1.82) is 0 Å². The monoisotopic (exact) mass is 543 g/mol. The minimum Gasteiger partial charge on any atom is -0.475 e. The second-order valence-corrected chi connectivity index (χ2v) is 8.79. The second kappa shape index (κ2) is 12.8. The number of anilines is 1. The van der Waals surface area contributed by atoms with Gasteiger partial charge in [-0.25, -0.2) is 9.59 Å². The van der Waals surface area contributed by atoms with E-state index in [1.807, 2.05) is 0 Å². The molecule has 0 aliphatic carbocycles. The fraction of sp³-hybridized carbons (Fsp3) is 0.524. The number of benzene rings is 1. The molecule has 3 amide bonds. The van der Waals surface area contributed by atoms with Crippen LogP contribution in [0.25, 0.3) is 0 Å². The lowest BCUT2D eigenvalue weighted by atomic mass is 9.94. The van der Waals surface area contributed by atoms with Gasteiger partial charge in [0, 0.05) is 18.1 Å². The third kappa shape index (κ3) is 9.81. The molecule has 0 bridgehead atoms. The van der Waals surface area contributed by atoms with Crippen molar-refractivity contribution in [3.63, 3.8) is 0 Å². The number of carboxylic acids is 1. The van der Waals surface area contributed by atoms with Gasteiger partial charge >= 0.3 is 24.1 Å². The maximum absolute atomic E-state index is 12.8. The Labute approximate surface area is 209 Å². The van der Waals surface area contributed by atoms with E-state index in [9.17, 15) is 27.6 Å². The maximum Gasteiger partial charge on any atom is 0.490 e. The summed E-state index contributed by atoms with van der Waals surface area (Å²) in [6, 6.07) is 4.15. The molecule has 3 N–H and O–H groups in total. The number of likely N-dealkylation sites (tertiary alicyclic amines) is 1. The number of urea groups is 1. The molecular weight excluding hydrogens is 518 g/mol. The van der Waals surface area contributed by atoms with Crippen LogP contribution in [0, 0.1) is 5.92 Å². The summed E-state index contributed by atoms with van der Waals surface area (Å²) < 4.78 is 36.8. The van der Waals surface area contributed by atoms with Crippen LogP contribution in [0.15, 0.2) is 18.2 Å². The van der Waals surface area contributed by atoms with Crippen LogP contribution < -0.4 is 10.6 Å². The first-order valence-corrected chi connectivity index (χ1v) is 11.1. The molecule has 0 saturated carbocycles. The van der Waals surface area contributed by atoms with Crippen LogP contribution in [0.3, 0.4) is 0 Å². The lowest BCUT2D eigenvalue weighted by Gasteiger charge is -2.36. The molecule has 0 spiro atoms. The minimum atomic E-state index is -5.08. The lowest BCUT2D eigenvalue weighted by molar-refractivity contribution is -0.192. The van der Waals surface area contributed by atoms with Crippen LogP contribution in [0.5, 0.6) is 0 Å². The lowest BCUT2D eigenvalue weighted by Crippen LogP contribution is -2.58. The van der Waals surface area contributed by atoms with Gasteiger partial charge in [-0.2, -0.15) is 13.2 Å². The first-order valence-electron chi connectivity index (χ1n) is 10.4. The smallest absolute Gasteiger partial charge is 0.475 e. The van der Waals surface area contributed by atoms with Crippen molar-refractivity contribution >= 4 is 52.8 Å². The Balaban J connectivity index is 0.000000762. The summed E-state index contributed by atoms with van der Waals surface area (Å²) >= 11 is 11.9. The highest BCUT2D eigenvalue weighted by Crippen LogP contribution is 2.26. The van der Waals surface area contributed by atoms with Crippen molar-refractivity contribution in [2.75, 3.05) is 25.0 Å². The zero-order chi connectivity index (χ0) is 27.0. The van der Waals surface area contributed by atoms with Crippen LogP contribution in [-0.4, -0.2) is 65.3 Å². The summed E-state index contributed by atoms with van der Waals surface area (Å²) in [5.74, 6) is -3.37. The topological polar surface area (TPSA) is 125 Å². The van der Waals surface area contributed by atoms with E-state index < -0.39 is 23.7 Å². The van der Waals surface area contributed by atoms with E-state index in [4.69, 9.17) is 37.8 Å². The Morgan fingerprint density at radius 2 is 1.69 bits per heavy atom. The minimum absolute atomic E-state index is 0.185.